The fraction of sp³-hybridized carbons (Fsp3) is 0.348. The van der Waals surface area contributed by atoms with E-state index in [-0.39, 0.29) is 7.43 Å². The monoisotopic (exact) mass is 368 g/mol. The van der Waals surface area contributed by atoms with Crippen molar-refractivity contribution in [2.45, 2.75) is 52.6 Å². The standard InChI is InChI=1S/C22H25ClN2.CH4/c1-17(5-2-3-6-18-7-4-8-22(23)14-18)25-15-19-9-10-21-16-24-12-11-20(21)13-19;/h4,7-14,16-17,25H,2-3,5-6,15H2,1H3;1H4/t17-;/m1./s1. The minimum absolute atomic E-state index is 0. The van der Waals surface area contributed by atoms with Crippen LogP contribution in [0.2, 0.25) is 5.02 Å². The van der Waals surface area contributed by atoms with E-state index in [1.807, 2.05) is 24.5 Å². The highest BCUT2D eigenvalue weighted by Crippen LogP contribution is 2.16. The molecule has 0 aliphatic rings. The summed E-state index contributed by atoms with van der Waals surface area (Å²) in [5, 5.41) is 6.91. The molecule has 0 aliphatic heterocycles. The van der Waals surface area contributed by atoms with Crippen LogP contribution in [0.25, 0.3) is 10.8 Å². The zero-order valence-corrected chi connectivity index (χ0v) is 15.5. The molecule has 1 aromatic heterocycles. The average molecular weight is 369 g/mol. The van der Waals surface area contributed by atoms with Gasteiger partial charge in [-0.2, -0.15) is 0 Å². The number of hydrogen-bond acceptors (Lipinski definition) is 2. The summed E-state index contributed by atoms with van der Waals surface area (Å²) in [7, 11) is 0. The number of nitrogens with zero attached hydrogens (tertiary/aromatic N) is 1. The Hall–Kier alpha value is -1.90. The summed E-state index contributed by atoms with van der Waals surface area (Å²) in [5.74, 6) is 0. The Bertz CT molecular complexity index is 816. The van der Waals surface area contributed by atoms with Gasteiger partial charge in [0.05, 0.1) is 0 Å². The van der Waals surface area contributed by atoms with Crippen molar-refractivity contribution in [2.75, 3.05) is 0 Å². The third kappa shape index (κ3) is 6.12. The highest BCUT2D eigenvalue weighted by atomic mass is 35.5. The number of fused-ring (bicyclic) bond motifs is 1. The van der Waals surface area contributed by atoms with Crippen LogP contribution in [0.15, 0.2) is 60.9 Å². The Morgan fingerprint density at radius 2 is 1.88 bits per heavy atom. The predicted octanol–water partition coefficient (Wildman–Crippen LogP) is 6.42. The Labute approximate surface area is 162 Å². The molecule has 0 aliphatic carbocycles. The molecule has 0 bridgehead atoms. The molecule has 1 heterocycles. The first-order valence-electron chi connectivity index (χ1n) is 9.01. The number of aromatic nitrogens is 1. The molecule has 0 spiro atoms. The molecule has 2 nitrogen and oxygen atoms in total. The van der Waals surface area contributed by atoms with Crippen molar-refractivity contribution in [3.63, 3.8) is 0 Å². The van der Waals surface area contributed by atoms with Gasteiger partial charge in [-0.05, 0) is 67.0 Å². The quantitative estimate of drug-likeness (QED) is 0.464. The summed E-state index contributed by atoms with van der Waals surface area (Å²) in [6.07, 6.45) is 8.49. The molecule has 3 heteroatoms. The molecule has 3 aromatic rings. The lowest BCUT2D eigenvalue weighted by Gasteiger charge is -2.14. The van der Waals surface area contributed by atoms with Gasteiger partial charge in [0.2, 0.25) is 0 Å². The van der Waals surface area contributed by atoms with Crippen LogP contribution in [0.5, 0.6) is 0 Å². The fourth-order valence-corrected chi connectivity index (χ4v) is 3.32. The van der Waals surface area contributed by atoms with Crippen molar-refractivity contribution >= 4 is 22.4 Å². The third-order valence-electron chi connectivity index (χ3n) is 4.60. The van der Waals surface area contributed by atoms with Crippen molar-refractivity contribution in [2.24, 2.45) is 0 Å². The van der Waals surface area contributed by atoms with Crippen LogP contribution in [0.1, 0.15) is 44.7 Å². The predicted molar refractivity (Wildman–Crippen MR) is 114 cm³/mol. The second-order valence-corrected chi connectivity index (χ2v) is 7.15. The molecule has 0 fully saturated rings. The smallest absolute Gasteiger partial charge is 0.0408 e. The van der Waals surface area contributed by atoms with E-state index in [9.17, 15) is 0 Å². The van der Waals surface area contributed by atoms with Gasteiger partial charge in [0, 0.05) is 35.4 Å². The van der Waals surface area contributed by atoms with Crippen LogP contribution in [0, 0.1) is 0 Å². The lowest BCUT2D eigenvalue weighted by Crippen LogP contribution is -2.25. The number of unbranched alkanes of at least 4 members (excludes halogenated alkanes) is 1. The second-order valence-electron chi connectivity index (χ2n) is 6.71. The minimum Gasteiger partial charge on any atom is -0.310 e. The van der Waals surface area contributed by atoms with E-state index in [2.05, 4.69) is 53.6 Å². The van der Waals surface area contributed by atoms with Crippen molar-refractivity contribution < 1.29 is 0 Å². The Morgan fingerprint density at radius 3 is 2.73 bits per heavy atom. The average Bonchev–Trinajstić information content (AvgIpc) is 2.63. The van der Waals surface area contributed by atoms with Crippen LogP contribution >= 0.6 is 11.6 Å². The lowest BCUT2D eigenvalue weighted by atomic mass is 10.0. The maximum atomic E-state index is 6.03. The van der Waals surface area contributed by atoms with E-state index in [4.69, 9.17) is 11.6 Å². The Balaban J connectivity index is 0.00000243. The van der Waals surface area contributed by atoms with E-state index in [1.165, 1.54) is 41.2 Å². The molecular formula is C23H29ClN2. The maximum Gasteiger partial charge on any atom is 0.0408 e. The first-order chi connectivity index (χ1) is 12.2. The molecular weight excluding hydrogens is 340 g/mol. The molecule has 0 saturated heterocycles. The molecule has 26 heavy (non-hydrogen) atoms. The van der Waals surface area contributed by atoms with Crippen LogP contribution in [-0.4, -0.2) is 11.0 Å². The molecule has 0 saturated carbocycles. The van der Waals surface area contributed by atoms with E-state index >= 15 is 0 Å². The van der Waals surface area contributed by atoms with Gasteiger partial charge >= 0.3 is 0 Å². The van der Waals surface area contributed by atoms with Gasteiger partial charge < -0.3 is 5.32 Å². The molecule has 0 amide bonds. The topological polar surface area (TPSA) is 24.9 Å². The molecule has 1 N–H and O–H groups in total. The number of nitrogens with one attached hydrogen (secondary N) is 1. The van der Waals surface area contributed by atoms with Crippen molar-refractivity contribution in [1.82, 2.24) is 10.3 Å². The van der Waals surface area contributed by atoms with Crippen molar-refractivity contribution in [1.29, 1.82) is 0 Å². The maximum absolute atomic E-state index is 6.03. The SMILES string of the molecule is C.C[C@H](CCCCc1cccc(Cl)c1)NCc1ccc2cnccc2c1. The number of pyridine rings is 1. The molecule has 3 rings (SSSR count). The van der Waals surface area contributed by atoms with Gasteiger partial charge in [-0.25, -0.2) is 0 Å². The van der Waals surface area contributed by atoms with Gasteiger partial charge in [-0.3, -0.25) is 4.98 Å². The van der Waals surface area contributed by atoms with Crippen LogP contribution in [0.4, 0.5) is 0 Å². The third-order valence-corrected chi connectivity index (χ3v) is 4.84. The summed E-state index contributed by atoms with van der Waals surface area (Å²) in [5.41, 5.74) is 2.66. The zero-order valence-electron chi connectivity index (χ0n) is 14.7. The van der Waals surface area contributed by atoms with Gasteiger partial charge in [-0.1, -0.05) is 49.7 Å². The zero-order chi connectivity index (χ0) is 17.5. The van der Waals surface area contributed by atoms with Crippen LogP contribution in [0.3, 0.4) is 0 Å². The lowest BCUT2D eigenvalue weighted by molar-refractivity contribution is 0.489. The minimum atomic E-state index is 0. The fourth-order valence-electron chi connectivity index (χ4n) is 3.11. The van der Waals surface area contributed by atoms with Gasteiger partial charge in [0.15, 0.2) is 0 Å². The van der Waals surface area contributed by atoms with Crippen molar-refractivity contribution in [3.8, 4) is 0 Å². The highest BCUT2D eigenvalue weighted by Gasteiger charge is 2.03. The van der Waals surface area contributed by atoms with E-state index in [0.29, 0.717) is 6.04 Å². The number of rotatable bonds is 8. The molecule has 0 radical (unpaired) electrons. The molecule has 138 valence electrons. The summed E-state index contributed by atoms with van der Waals surface area (Å²) in [4.78, 5) is 4.16. The van der Waals surface area contributed by atoms with Gasteiger partial charge in [0.25, 0.3) is 0 Å². The van der Waals surface area contributed by atoms with Crippen LogP contribution < -0.4 is 5.32 Å². The van der Waals surface area contributed by atoms with E-state index in [1.54, 1.807) is 0 Å². The number of aryl methyl sites for hydroxylation is 1. The van der Waals surface area contributed by atoms with Gasteiger partial charge in [0.1, 0.15) is 0 Å². The Kier molecular flexibility index (Phi) is 8.08. The summed E-state index contributed by atoms with van der Waals surface area (Å²) < 4.78 is 0. The van der Waals surface area contributed by atoms with E-state index in [0.717, 1.165) is 18.0 Å². The van der Waals surface area contributed by atoms with E-state index < -0.39 is 0 Å². The van der Waals surface area contributed by atoms with Crippen molar-refractivity contribution in [3.05, 3.63) is 77.1 Å². The largest absolute Gasteiger partial charge is 0.310 e. The summed E-state index contributed by atoms with van der Waals surface area (Å²) in [6.45, 7) is 3.18. The van der Waals surface area contributed by atoms with Crippen LogP contribution in [-0.2, 0) is 13.0 Å². The number of halogens is 1. The normalized spacial score (nSPS) is 11.9. The molecule has 2 aromatic carbocycles. The summed E-state index contributed by atoms with van der Waals surface area (Å²) in [6, 6.07) is 17.3. The molecule has 0 unspecified atom stereocenters. The highest BCUT2D eigenvalue weighted by molar-refractivity contribution is 6.30. The molecule has 1 atom stereocenters. The van der Waals surface area contributed by atoms with Gasteiger partial charge in [-0.15, -0.1) is 0 Å². The Morgan fingerprint density at radius 1 is 1.00 bits per heavy atom. The first kappa shape index (κ1) is 20.4. The first-order valence-corrected chi connectivity index (χ1v) is 9.39. The summed E-state index contributed by atoms with van der Waals surface area (Å²) >= 11 is 6.03. The second kappa shape index (κ2) is 10.3. The number of hydrogen-bond donors (Lipinski definition) is 1. The number of benzene rings is 2.